The van der Waals surface area contributed by atoms with Crippen molar-refractivity contribution in [1.82, 2.24) is 4.57 Å². The summed E-state index contributed by atoms with van der Waals surface area (Å²) in [5.41, 5.74) is 2.45. The van der Waals surface area contributed by atoms with Crippen molar-refractivity contribution < 1.29 is 4.39 Å². The number of rotatable bonds is 3. The fraction of sp³-hybridized carbons (Fsp3) is 0.333. The summed E-state index contributed by atoms with van der Waals surface area (Å²) in [6.07, 6.45) is 2.99. The Morgan fingerprint density at radius 2 is 2.14 bits per heavy atom. The molecule has 0 bridgehead atoms. The molecule has 2 rings (SSSR count). The number of hydrogen-bond acceptors (Lipinski definition) is 0. The highest BCUT2D eigenvalue weighted by Gasteiger charge is 2.00. The molecule has 1 aromatic heterocycles. The second-order valence-electron chi connectivity index (χ2n) is 3.44. The van der Waals surface area contributed by atoms with Crippen LogP contribution in [0.3, 0.4) is 0 Å². The highest BCUT2D eigenvalue weighted by Crippen LogP contribution is 2.17. The zero-order chi connectivity index (χ0) is 9.97. The van der Waals surface area contributed by atoms with E-state index in [1.165, 1.54) is 10.9 Å². The molecule has 0 aliphatic rings. The molecule has 1 nitrogen and oxygen atoms in total. The van der Waals surface area contributed by atoms with Gasteiger partial charge in [-0.05, 0) is 35.6 Å². The van der Waals surface area contributed by atoms with Crippen molar-refractivity contribution in [3.8, 4) is 0 Å². The Hall–Kier alpha value is -1.31. The Balaban J connectivity index is 2.48. The van der Waals surface area contributed by atoms with Gasteiger partial charge in [0.15, 0.2) is 0 Å². The number of alkyl halides is 1. The summed E-state index contributed by atoms with van der Waals surface area (Å²) in [6.45, 7) is 2.29. The maximum Gasteiger partial charge on any atom is 0.107 e. The monoisotopic (exact) mass is 191 g/mol. The predicted molar refractivity (Wildman–Crippen MR) is 57.3 cm³/mol. The molecule has 0 saturated heterocycles. The van der Waals surface area contributed by atoms with E-state index >= 15 is 0 Å². The predicted octanol–water partition coefficient (Wildman–Crippen LogP) is 3.17. The first-order chi connectivity index (χ1) is 6.85. The summed E-state index contributed by atoms with van der Waals surface area (Å²) in [5, 5.41) is 1.21. The third-order valence-corrected chi connectivity index (χ3v) is 2.57. The third kappa shape index (κ3) is 1.52. The van der Waals surface area contributed by atoms with Crippen molar-refractivity contribution in [3.05, 3.63) is 36.0 Å². The Bertz CT molecular complexity index is 431. The second-order valence-corrected chi connectivity index (χ2v) is 3.44. The van der Waals surface area contributed by atoms with E-state index in [2.05, 4.69) is 25.1 Å². The molecule has 0 spiro atoms. The summed E-state index contributed by atoms with van der Waals surface area (Å²) in [5.74, 6) is 0. The summed E-state index contributed by atoms with van der Waals surface area (Å²) in [4.78, 5) is 0. The van der Waals surface area contributed by atoms with Crippen LogP contribution in [0, 0.1) is 0 Å². The van der Waals surface area contributed by atoms with E-state index in [9.17, 15) is 4.39 Å². The van der Waals surface area contributed by atoms with Crippen LogP contribution < -0.4 is 0 Å². The SMILES string of the molecule is CCc1ccc2c(ccn2CCF)c1. The van der Waals surface area contributed by atoms with E-state index < -0.39 is 0 Å². The lowest BCUT2D eigenvalue weighted by molar-refractivity contribution is 0.451. The molecule has 0 unspecified atom stereocenters. The van der Waals surface area contributed by atoms with Crippen molar-refractivity contribution in [1.29, 1.82) is 0 Å². The van der Waals surface area contributed by atoms with E-state index in [0.717, 1.165) is 11.9 Å². The topological polar surface area (TPSA) is 4.93 Å². The molecule has 0 N–H and O–H groups in total. The molecule has 14 heavy (non-hydrogen) atoms. The molecular weight excluding hydrogens is 177 g/mol. The van der Waals surface area contributed by atoms with Gasteiger partial charge in [0, 0.05) is 11.7 Å². The lowest BCUT2D eigenvalue weighted by Gasteiger charge is -2.02. The minimum absolute atomic E-state index is 0.306. The van der Waals surface area contributed by atoms with Crippen LogP contribution in [0.4, 0.5) is 4.39 Å². The summed E-state index contributed by atoms with van der Waals surface area (Å²) < 4.78 is 14.2. The van der Waals surface area contributed by atoms with E-state index in [4.69, 9.17) is 0 Å². The van der Waals surface area contributed by atoms with E-state index in [0.29, 0.717) is 6.54 Å². The van der Waals surface area contributed by atoms with Gasteiger partial charge >= 0.3 is 0 Å². The van der Waals surface area contributed by atoms with Crippen molar-refractivity contribution in [2.75, 3.05) is 6.67 Å². The van der Waals surface area contributed by atoms with Crippen LogP contribution in [0.1, 0.15) is 12.5 Å². The summed E-state index contributed by atoms with van der Waals surface area (Å²) >= 11 is 0. The average molecular weight is 191 g/mol. The molecular formula is C12H14FN. The van der Waals surface area contributed by atoms with Gasteiger partial charge in [-0.25, -0.2) is 4.39 Å². The zero-order valence-electron chi connectivity index (χ0n) is 8.33. The van der Waals surface area contributed by atoms with E-state index in [-0.39, 0.29) is 6.67 Å². The van der Waals surface area contributed by atoms with Crippen molar-refractivity contribution in [2.24, 2.45) is 0 Å². The van der Waals surface area contributed by atoms with E-state index in [1.54, 1.807) is 0 Å². The Kier molecular flexibility index (Phi) is 2.53. The highest BCUT2D eigenvalue weighted by molar-refractivity contribution is 5.80. The van der Waals surface area contributed by atoms with Crippen LogP contribution in [0.5, 0.6) is 0 Å². The largest absolute Gasteiger partial charge is 0.345 e. The molecule has 0 atom stereocenters. The Morgan fingerprint density at radius 3 is 2.86 bits per heavy atom. The van der Waals surface area contributed by atoms with Gasteiger partial charge in [0.2, 0.25) is 0 Å². The van der Waals surface area contributed by atoms with Gasteiger partial charge < -0.3 is 4.57 Å². The standard InChI is InChI=1S/C12H14FN/c1-2-10-3-4-12-11(9-10)5-7-14(12)8-6-13/h3-5,7,9H,2,6,8H2,1H3. The second kappa shape index (κ2) is 3.82. The van der Waals surface area contributed by atoms with Crippen LogP contribution in [0.15, 0.2) is 30.5 Å². The summed E-state index contributed by atoms with van der Waals surface area (Å²) in [6, 6.07) is 8.40. The number of aryl methyl sites for hydroxylation is 2. The molecule has 2 aromatic rings. The van der Waals surface area contributed by atoms with Gasteiger partial charge in [-0.3, -0.25) is 0 Å². The molecule has 0 radical (unpaired) electrons. The van der Waals surface area contributed by atoms with Crippen LogP contribution >= 0.6 is 0 Å². The molecule has 74 valence electrons. The first-order valence-electron chi connectivity index (χ1n) is 4.99. The molecule has 0 aliphatic heterocycles. The molecule has 1 heterocycles. The van der Waals surface area contributed by atoms with Gasteiger partial charge in [0.05, 0.1) is 6.54 Å². The minimum atomic E-state index is -0.306. The van der Waals surface area contributed by atoms with E-state index in [1.807, 2.05) is 16.8 Å². The van der Waals surface area contributed by atoms with Gasteiger partial charge in [0.25, 0.3) is 0 Å². The van der Waals surface area contributed by atoms with Crippen molar-refractivity contribution in [3.63, 3.8) is 0 Å². The molecule has 0 aliphatic carbocycles. The Labute approximate surface area is 83.2 Å². The first kappa shape index (κ1) is 9.25. The third-order valence-electron chi connectivity index (χ3n) is 2.57. The van der Waals surface area contributed by atoms with Crippen LogP contribution in [0.2, 0.25) is 0 Å². The maximum atomic E-state index is 12.2. The number of nitrogens with zero attached hydrogens (tertiary/aromatic N) is 1. The number of hydrogen-bond donors (Lipinski definition) is 0. The highest BCUT2D eigenvalue weighted by atomic mass is 19.1. The molecule has 0 fully saturated rings. The fourth-order valence-corrected chi connectivity index (χ4v) is 1.76. The van der Waals surface area contributed by atoms with Gasteiger partial charge in [-0.15, -0.1) is 0 Å². The van der Waals surface area contributed by atoms with Crippen molar-refractivity contribution in [2.45, 2.75) is 19.9 Å². The quantitative estimate of drug-likeness (QED) is 0.702. The molecule has 0 saturated carbocycles. The molecule has 0 amide bonds. The fourth-order valence-electron chi connectivity index (χ4n) is 1.76. The Morgan fingerprint density at radius 1 is 1.29 bits per heavy atom. The van der Waals surface area contributed by atoms with Crippen LogP contribution in [-0.2, 0) is 13.0 Å². The zero-order valence-corrected chi connectivity index (χ0v) is 8.33. The maximum absolute atomic E-state index is 12.2. The number of aromatic nitrogens is 1. The molecule has 1 aromatic carbocycles. The average Bonchev–Trinajstić information content (AvgIpc) is 2.61. The first-order valence-corrected chi connectivity index (χ1v) is 4.99. The van der Waals surface area contributed by atoms with Gasteiger partial charge in [0.1, 0.15) is 6.67 Å². The molecule has 2 heteroatoms. The number of benzene rings is 1. The van der Waals surface area contributed by atoms with Gasteiger partial charge in [-0.2, -0.15) is 0 Å². The number of fused-ring (bicyclic) bond motifs is 1. The summed E-state index contributed by atoms with van der Waals surface area (Å²) in [7, 11) is 0. The lowest BCUT2D eigenvalue weighted by Crippen LogP contribution is -1.96. The normalized spacial score (nSPS) is 11.0. The van der Waals surface area contributed by atoms with Crippen LogP contribution in [-0.4, -0.2) is 11.2 Å². The number of halogens is 1. The van der Waals surface area contributed by atoms with Gasteiger partial charge in [-0.1, -0.05) is 13.0 Å². The van der Waals surface area contributed by atoms with Crippen molar-refractivity contribution >= 4 is 10.9 Å². The smallest absolute Gasteiger partial charge is 0.107 e. The minimum Gasteiger partial charge on any atom is -0.345 e. The van der Waals surface area contributed by atoms with Crippen LogP contribution in [0.25, 0.3) is 10.9 Å². The lowest BCUT2D eigenvalue weighted by atomic mass is 10.1.